The minimum Gasteiger partial charge on any atom is -0.321 e. The molecule has 1 aromatic heterocycles. The first-order valence-electron chi connectivity index (χ1n) is 8.09. The van der Waals surface area contributed by atoms with E-state index in [0.29, 0.717) is 17.8 Å². The predicted octanol–water partition coefficient (Wildman–Crippen LogP) is 4.24. The van der Waals surface area contributed by atoms with Crippen molar-refractivity contribution in [3.8, 4) is 0 Å². The Labute approximate surface area is 155 Å². The summed E-state index contributed by atoms with van der Waals surface area (Å²) in [7, 11) is 0. The Morgan fingerprint density at radius 2 is 1.88 bits per heavy atom. The number of hydrogen-bond acceptors (Lipinski definition) is 3. The van der Waals surface area contributed by atoms with E-state index >= 15 is 0 Å². The third-order valence-electron chi connectivity index (χ3n) is 4.26. The molecule has 26 heavy (non-hydrogen) atoms. The van der Waals surface area contributed by atoms with Crippen molar-refractivity contribution in [2.24, 2.45) is 0 Å². The number of pyridine rings is 1. The van der Waals surface area contributed by atoms with E-state index in [0.717, 1.165) is 38.1 Å². The molecular weight excluding hydrogens is 367 g/mol. The molecule has 2 aromatic rings. The van der Waals surface area contributed by atoms with Crippen LogP contribution in [0.15, 0.2) is 42.6 Å². The van der Waals surface area contributed by atoms with Crippen LogP contribution in [0.5, 0.6) is 0 Å². The van der Waals surface area contributed by atoms with Crippen LogP contribution in [0.3, 0.4) is 0 Å². The zero-order chi connectivity index (χ0) is 17.9. The van der Waals surface area contributed by atoms with Crippen molar-refractivity contribution in [2.75, 3.05) is 18.4 Å². The lowest BCUT2D eigenvalue weighted by Crippen LogP contribution is -2.28. The second-order valence-electron chi connectivity index (χ2n) is 6.05. The molecule has 0 bridgehead atoms. The van der Waals surface area contributed by atoms with Gasteiger partial charge in [-0.15, -0.1) is 12.4 Å². The van der Waals surface area contributed by atoms with Crippen LogP contribution >= 0.6 is 12.4 Å². The molecule has 1 fully saturated rings. The molecule has 0 radical (unpaired) electrons. The van der Waals surface area contributed by atoms with E-state index in [2.05, 4.69) is 15.6 Å². The fourth-order valence-electron chi connectivity index (χ4n) is 2.87. The zero-order valence-corrected chi connectivity index (χ0v) is 14.7. The van der Waals surface area contributed by atoms with E-state index in [4.69, 9.17) is 0 Å². The van der Waals surface area contributed by atoms with Gasteiger partial charge >= 0.3 is 6.18 Å². The molecule has 1 aromatic carbocycles. The maximum absolute atomic E-state index is 12.5. The second-order valence-corrected chi connectivity index (χ2v) is 6.05. The van der Waals surface area contributed by atoms with Gasteiger partial charge in [0.2, 0.25) is 0 Å². The summed E-state index contributed by atoms with van der Waals surface area (Å²) in [6, 6.07) is 9.44. The van der Waals surface area contributed by atoms with E-state index in [-0.39, 0.29) is 18.1 Å². The van der Waals surface area contributed by atoms with Crippen molar-refractivity contribution in [3.63, 3.8) is 0 Å². The highest BCUT2D eigenvalue weighted by molar-refractivity contribution is 6.02. The highest BCUT2D eigenvalue weighted by atomic mass is 35.5. The van der Waals surface area contributed by atoms with Crippen LogP contribution in [-0.2, 0) is 6.18 Å². The normalized spacial score (nSPS) is 17.3. The summed E-state index contributed by atoms with van der Waals surface area (Å²) < 4.78 is 37.5. The van der Waals surface area contributed by atoms with Gasteiger partial charge in [-0.3, -0.25) is 9.78 Å². The fraction of sp³-hybridized carbons (Fsp3) is 0.333. The van der Waals surface area contributed by atoms with Crippen molar-refractivity contribution < 1.29 is 18.0 Å². The maximum atomic E-state index is 12.5. The fourth-order valence-corrected chi connectivity index (χ4v) is 2.87. The number of alkyl halides is 3. The predicted molar refractivity (Wildman–Crippen MR) is 95.7 cm³/mol. The summed E-state index contributed by atoms with van der Waals surface area (Å²) >= 11 is 0. The molecular formula is C18H19ClF3N3O. The molecule has 1 atom stereocenters. The van der Waals surface area contributed by atoms with E-state index in [1.807, 2.05) is 12.1 Å². The molecule has 0 saturated carbocycles. The van der Waals surface area contributed by atoms with Crippen LogP contribution < -0.4 is 10.6 Å². The highest BCUT2D eigenvalue weighted by Gasteiger charge is 2.30. The number of nitrogens with zero attached hydrogens (tertiary/aromatic N) is 1. The second kappa shape index (κ2) is 8.51. The number of amides is 1. The molecule has 2 N–H and O–H groups in total. The number of rotatable bonds is 3. The van der Waals surface area contributed by atoms with Gasteiger partial charge in [0.15, 0.2) is 0 Å². The summed E-state index contributed by atoms with van der Waals surface area (Å²) in [5.74, 6) is -0.0733. The molecule has 1 aliphatic rings. The SMILES string of the molecule is Cl.O=C(Nc1ccc([C@H]2CCCNC2)cc1)c1ccc(C(F)(F)F)cn1. The molecule has 3 rings (SSSR count). The van der Waals surface area contributed by atoms with Gasteiger partial charge in [0.05, 0.1) is 5.56 Å². The minimum atomic E-state index is -4.47. The van der Waals surface area contributed by atoms with Gasteiger partial charge in [-0.1, -0.05) is 12.1 Å². The Hall–Kier alpha value is -2.12. The molecule has 0 unspecified atom stereocenters. The van der Waals surface area contributed by atoms with Crippen molar-refractivity contribution in [1.82, 2.24) is 10.3 Å². The van der Waals surface area contributed by atoms with Crippen LogP contribution in [0, 0.1) is 0 Å². The van der Waals surface area contributed by atoms with Crippen LogP contribution in [0.1, 0.15) is 40.4 Å². The molecule has 0 spiro atoms. The number of nitrogens with one attached hydrogen (secondary N) is 2. The lowest BCUT2D eigenvalue weighted by molar-refractivity contribution is -0.137. The van der Waals surface area contributed by atoms with Gasteiger partial charge in [0, 0.05) is 18.4 Å². The van der Waals surface area contributed by atoms with Crippen LogP contribution in [0.2, 0.25) is 0 Å². The molecule has 0 aliphatic carbocycles. The summed E-state index contributed by atoms with van der Waals surface area (Å²) in [5.41, 5.74) is 0.847. The Kier molecular flexibility index (Phi) is 6.61. The first-order valence-corrected chi connectivity index (χ1v) is 8.09. The lowest BCUT2D eigenvalue weighted by Gasteiger charge is -2.23. The maximum Gasteiger partial charge on any atom is 0.417 e. The number of anilines is 1. The first-order chi connectivity index (χ1) is 11.9. The van der Waals surface area contributed by atoms with E-state index in [9.17, 15) is 18.0 Å². The Morgan fingerprint density at radius 1 is 1.15 bits per heavy atom. The molecule has 1 amide bonds. The van der Waals surface area contributed by atoms with Crippen molar-refractivity contribution in [1.29, 1.82) is 0 Å². The Balaban J connectivity index is 0.00000243. The van der Waals surface area contributed by atoms with E-state index < -0.39 is 17.6 Å². The third-order valence-corrected chi connectivity index (χ3v) is 4.26. The van der Waals surface area contributed by atoms with Gasteiger partial charge in [0.25, 0.3) is 5.91 Å². The standard InChI is InChI=1S/C18H18F3N3O.ClH/c19-18(20,21)14-5-8-16(23-11-14)17(25)24-15-6-3-12(4-7-15)13-2-1-9-22-10-13;/h3-8,11,13,22H,1-2,9-10H2,(H,24,25);1H/t13-;/m0./s1. The quantitative estimate of drug-likeness (QED) is 0.830. The van der Waals surface area contributed by atoms with Crippen LogP contribution in [0.25, 0.3) is 0 Å². The molecule has 8 heteroatoms. The lowest BCUT2D eigenvalue weighted by atomic mass is 9.92. The average Bonchev–Trinajstić information content (AvgIpc) is 2.62. The molecule has 1 saturated heterocycles. The molecule has 1 aliphatic heterocycles. The smallest absolute Gasteiger partial charge is 0.321 e. The van der Waals surface area contributed by atoms with Gasteiger partial charge in [-0.05, 0) is 55.1 Å². The molecule has 4 nitrogen and oxygen atoms in total. The minimum absolute atomic E-state index is 0. The number of hydrogen-bond donors (Lipinski definition) is 2. The van der Waals surface area contributed by atoms with Gasteiger partial charge < -0.3 is 10.6 Å². The summed E-state index contributed by atoms with van der Waals surface area (Å²) in [6.45, 7) is 1.99. The Morgan fingerprint density at radius 3 is 2.42 bits per heavy atom. The topological polar surface area (TPSA) is 54.0 Å². The molecule has 2 heterocycles. The number of aromatic nitrogens is 1. The van der Waals surface area contributed by atoms with Crippen molar-refractivity contribution in [2.45, 2.75) is 24.9 Å². The first kappa shape index (κ1) is 20.2. The van der Waals surface area contributed by atoms with Gasteiger partial charge in [-0.25, -0.2) is 0 Å². The van der Waals surface area contributed by atoms with E-state index in [1.165, 1.54) is 5.56 Å². The molecule has 140 valence electrons. The largest absolute Gasteiger partial charge is 0.417 e. The van der Waals surface area contributed by atoms with Crippen molar-refractivity contribution >= 4 is 24.0 Å². The highest BCUT2D eigenvalue weighted by Crippen LogP contribution is 2.28. The summed E-state index contributed by atoms with van der Waals surface area (Å²) in [4.78, 5) is 15.7. The van der Waals surface area contributed by atoms with Crippen LogP contribution in [0.4, 0.5) is 18.9 Å². The van der Waals surface area contributed by atoms with E-state index in [1.54, 1.807) is 12.1 Å². The number of carbonyl (C=O) groups excluding carboxylic acids is 1. The Bertz CT molecular complexity index is 727. The average molecular weight is 386 g/mol. The van der Waals surface area contributed by atoms with Crippen molar-refractivity contribution in [3.05, 3.63) is 59.4 Å². The third kappa shape index (κ3) is 4.95. The summed E-state index contributed by atoms with van der Waals surface area (Å²) in [5, 5.41) is 6.01. The van der Waals surface area contributed by atoms with Gasteiger partial charge in [0.1, 0.15) is 5.69 Å². The number of halogens is 4. The number of benzene rings is 1. The zero-order valence-electron chi connectivity index (χ0n) is 13.8. The number of carbonyl (C=O) groups is 1. The van der Waals surface area contributed by atoms with Gasteiger partial charge in [-0.2, -0.15) is 13.2 Å². The number of piperidine rings is 1. The monoisotopic (exact) mass is 385 g/mol. The van der Waals surface area contributed by atoms with Crippen LogP contribution in [-0.4, -0.2) is 24.0 Å². The summed E-state index contributed by atoms with van der Waals surface area (Å²) in [6.07, 6.45) is -1.53.